The highest BCUT2D eigenvalue weighted by atomic mass is 16.5. The number of aromatic amines is 2. The first-order chi connectivity index (χ1) is 12.2. The van der Waals surface area contributed by atoms with Crippen molar-refractivity contribution in [2.75, 3.05) is 12.4 Å². The van der Waals surface area contributed by atoms with Crippen LogP contribution in [-0.2, 0) is 0 Å². The minimum atomic E-state index is -0.197. The molecule has 0 aliphatic rings. The Hall–Kier alpha value is -3.54. The Labute approximate surface area is 143 Å². The van der Waals surface area contributed by atoms with E-state index in [1.165, 1.54) is 0 Å². The van der Waals surface area contributed by atoms with Crippen molar-refractivity contribution in [2.24, 2.45) is 0 Å². The number of amides is 1. The van der Waals surface area contributed by atoms with Gasteiger partial charge in [-0.3, -0.25) is 9.89 Å². The van der Waals surface area contributed by atoms with Gasteiger partial charge >= 0.3 is 0 Å². The molecule has 0 unspecified atom stereocenters. The van der Waals surface area contributed by atoms with Crippen molar-refractivity contribution in [3.8, 4) is 17.0 Å². The highest BCUT2D eigenvalue weighted by Gasteiger charge is 2.11. The van der Waals surface area contributed by atoms with Gasteiger partial charge in [0.25, 0.3) is 5.91 Å². The number of nitrogens with zero attached hydrogens (tertiary/aromatic N) is 1. The Balaban J connectivity index is 1.59. The number of methoxy groups -OCH3 is 1. The van der Waals surface area contributed by atoms with Gasteiger partial charge in [-0.15, -0.1) is 0 Å². The summed E-state index contributed by atoms with van der Waals surface area (Å²) in [6, 6.07) is 17.0. The molecule has 124 valence electrons. The van der Waals surface area contributed by atoms with Gasteiger partial charge in [-0.25, -0.2) is 0 Å². The number of anilines is 1. The Morgan fingerprint density at radius 2 is 2.04 bits per heavy atom. The van der Waals surface area contributed by atoms with E-state index in [2.05, 4.69) is 20.5 Å². The third-order valence-corrected chi connectivity index (χ3v) is 4.01. The van der Waals surface area contributed by atoms with E-state index < -0.39 is 0 Å². The first kappa shape index (κ1) is 15.0. The maximum Gasteiger partial charge on any atom is 0.272 e. The number of aromatic nitrogens is 3. The van der Waals surface area contributed by atoms with Crippen LogP contribution in [0.25, 0.3) is 22.2 Å². The lowest BCUT2D eigenvalue weighted by Crippen LogP contribution is -2.12. The van der Waals surface area contributed by atoms with Crippen molar-refractivity contribution >= 4 is 22.5 Å². The lowest BCUT2D eigenvalue weighted by atomic mass is 10.1. The molecule has 3 N–H and O–H groups in total. The molecule has 6 nitrogen and oxygen atoms in total. The van der Waals surface area contributed by atoms with Crippen LogP contribution in [0, 0.1) is 0 Å². The molecule has 4 rings (SSSR count). The van der Waals surface area contributed by atoms with Gasteiger partial charge in [-0.05, 0) is 36.4 Å². The Kier molecular flexibility index (Phi) is 3.70. The molecule has 0 saturated carbocycles. The van der Waals surface area contributed by atoms with Crippen LogP contribution in [0.2, 0.25) is 0 Å². The zero-order chi connectivity index (χ0) is 17.2. The van der Waals surface area contributed by atoms with Crippen LogP contribution >= 0.6 is 0 Å². The quantitative estimate of drug-likeness (QED) is 0.531. The summed E-state index contributed by atoms with van der Waals surface area (Å²) >= 11 is 0. The van der Waals surface area contributed by atoms with E-state index in [1.807, 2.05) is 54.6 Å². The van der Waals surface area contributed by atoms with E-state index in [-0.39, 0.29) is 5.91 Å². The highest BCUT2D eigenvalue weighted by Crippen LogP contribution is 2.23. The molecule has 2 heterocycles. The zero-order valence-corrected chi connectivity index (χ0v) is 13.5. The maximum absolute atomic E-state index is 12.5. The number of ether oxygens (including phenoxy) is 1. The van der Waals surface area contributed by atoms with E-state index in [0.29, 0.717) is 11.4 Å². The molecule has 0 saturated heterocycles. The Morgan fingerprint density at radius 3 is 2.84 bits per heavy atom. The lowest BCUT2D eigenvalue weighted by molar-refractivity contribution is 0.102. The second kappa shape index (κ2) is 6.16. The predicted molar refractivity (Wildman–Crippen MR) is 96.8 cm³/mol. The molecule has 6 heteroatoms. The summed E-state index contributed by atoms with van der Waals surface area (Å²) in [5.41, 5.74) is 3.92. The first-order valence-electron chi connectivity index (χ1n) is 7.81. The lowest BCUT2D eigenvalue weighted by Gasteiger charge is -2.05. The number of carbonyl (C=O) groups is 1. The van der Waals surface area contributed by atoms with Crippen molar-refractivity contribution < 1.29 is 9.53 Å². The average molecular weight is 332 g/mol. The third-order valence-electron chi connectivity index (χ3n) is 4.01. The van der Waals surface area contributed by atoms with Crippen LogP contribution < -0.4 is 10.1 Å². The van der Waals surface area contributed by atoms with Gasteiger partial charge in [0.1, 0.15) is 11.4 Å². The van der Waals surface area contributed by atoms with Crippen LogP contribution in [0.5, 0.6) is 5.75 Å². The SMILES string of the molecule is COc1ccc2cc(C(=O)Nc3cccc(-c4ccn[nH]4)c3)[nH]c2c1. The largest absolute Gasteiger partial charge is 0.497 e. The molecule has 0 aliphatic heterocycles. The third kappa shape index (κ3) is 2.97. The van der Waals surface area contributed by atoms with E-state index in [9.17, 15) is 4.79 Å². The smallest absolute Gasteiger partial charge is 0.272 e. The molecule has 0 bridgehead atoms. The molecule has 0 fully saturated rings. The van der Waals surface area contributed by atoms with Gasteiger partial charge in [0, 0.05) is 34.4 Å². The number of hydrogen-bond acceptors (Lipinski definition) is 3. The zero-order valence-electron chi connectivity index (χ0n) is 13.5. The molecule has 2 aromatic carbocycles. The van der Waals surface area contributed by atoms with Gasteiger partial charge in [0.15, 0.2) is 0 Å². The predicted octanol–water partition coefficient (Wildman–Crippen LogP) is 3.82. The molecule has 0 atom stereocenters. The topological polar surface area (TPSA) is 82.8 Å². The molecular formula is C19H16N4O2. The standard InChI is InChI=1S/C19H16N4O2/c1-25-15-6-5-13-10-18(22-17(13)11-15)19(24)21-14-4-2-3-12(9-14)16-7-8-20-23-16/h2-11,22H,1H3,(H,20,23)(H,21,24). The number of benzene rings is 2. The van der Waals surface area contributed by atoms with E-state index in [4.69, 9.17) is 4.74 Å². The average Bonchev–Trinajstić information content (AvgIpc) is 3.31. The summed E-state index contributed by atoms with van der Waals surface area (Å²) in [5.74, 6) is 0.547. The number of fused-ring (bicyclic) bond motifs is 1. The van der Waals surface area contributed by atoms with Crippen LogP contribution in [0.4, 0.5) is 5.69 Å². The van der Waals surface area contributed by atoms with Crippen molar-refractivity contribution in [2.45, 2.75) is 0 Å². The van der Waals surface area contributed by atoms with Crippen molar-refractivity contribution in [1.29, 1.82) is 0 Å². The fourth-order valence-electron chi connectivity index (χ4n) is 2.74. The molecule has 25 heavy (non-hydrogen) atoms. The fraction of sp³-hybridized carbons (Fsp3) is 0.0526. The number of hydrogen-bond donors (Lipinski definition) is 3. The summed E-state index contributed by atoms with van der Waals surface area (Å²) < 4.78 is 5.21. The fourth-order valence-corrected chi connectivity index (χ4v) is 2.74. The number of carbonyl (C=O) groups excluding carboxylic acids is 1. The summed E-state index contributed by atoms with van der Waals surface area (Å²) in [4.78, 5) is 15.7. The van der Waals surface area contributed by atoms with Crippen molar-refractivity contribution in [3.63, 3.8) is 0 Å². The summed E-state index contributed by atoms with van der Waals surface area (Å²) in [5, 5.41) is 10.7. The monoisotopic (exact) mass is 332 g/mol. The molecule has 1 amide bonds. The molecule has 0 aliphatic carbocycles. The normalized spacial score (nSPS) is 10.8. The van der Waals surface area contributed by atoms with Crippen LogP contribution in [0.3, 0.4) is 0 Å². The number of nitrogens with one attached hydrogen (secondary N) is 3. The van der Waals surface area contributed by atoms with Crippen molar-refractivity contribution in [3.05, 3.63) is 66.5 Å². The van der Waals surface area contributed by atoms with Crippen LogP contribution in [-0.4, -0.2) is 28.2 Å². The van der Waals surface area contributed by atoms with Crippen LogP contribution in [0.1, 0.15) is 10.5 Å². The maximum atomic E-state index is 12.5. The molecule has 0 radical (unpaired) electrons. The number of rotatable bonds is 4. The molecule has 4 aromatic rings. The summed E-state index contributed by atoms with van der Waals surface area (Å²) in [6.45, 7) is 0. The molecule has 0 spiro atoms. The summed E-state index contributed by atoms with van der Waals surface area (Å²) in [6.07, 6.45) is 1.69. The van der Waals surface area contributed by atoms with Gasteiger partial charge in [-0.2, -0.15) is 5.10 Å². The number of H-pyrrole nitrogens is 2. The van der Waals surface area contributed by atoms with Gasteiger partial charge in [0.2, 0.25) is 0 Å². The second-order valence-electron chi connectivity index (χ2n) is 5.64. The van der Waals surface area contributed by atoms with Gasteiger partial charge in [-0.1, -0.05) is 12.1 Å². The van der Waals surface area contributed by atoms with E-state index in [1.54, 1.807) is 13.3 Å². The van der Waals surface area contributed by atoms with Crippen LogP contribution in [0.15, 0.2) is 60.8 Å². The van der Waals surface area contributed by atoms with Gasteiger partial charge < -0.3 is 15.0 Å². The highest BCUT2D eigenvalue weighted by molar-refractivity contribution is 6.06. The van der Waals surface area contributed by atoms with E-state index in [0.717, 1.165) is 27.9 Å². The van der Waals surface area contributed by atoms with E-state index >= 15 is 0 Å². The van der Waals surface area contributed by atoms with Crippen molar-refractivity contribution in [1.82, 2.24) is 15.2 Å². The van der Waals surface area contributed by atoms with Gasteiger partial charge in [0.05, 0.1) is 12.8 Å². The minimum absolute atomic E-state index is 0.197. The first-order valence-corrected chi connectivity index (χ1v) is 7.81. The molecule has 2 aromatic heterocycles. The Bertz CT molecular complexity index is 1030. The summed E-state index contributed by atoms with van der Waals surface area (Å²) in [7, 11) is 1.62. The minimum Gasteiger partial charge on any atom is -0.497 e. The second-order valence-corrected chi connectivity index (χ2v) is 5.64. The Morgan fingerprint density at radius 1 is 1.12 bits per heavy atom. The molecular weight excluding hydrogens is 316 g/mol.